The van der Waals surface area contributed by atoms with Gasteiger partial charge in [0.25, 0.3) is 0 Å². The Balaban J connectivity index is 2.49. The quantitative estimate of drug-likeness (QED) is 0.947. The van der Waals surface area contributed by atoms with Crippen molar-refractivity contribution >= 4 is 21.9 Å². The Morgan fingerprint density at radius 2 is 2.22 bits per heavy atom. The number of rotatable bonds is 3. The maximum Gasteiger partial charge on any atom is 0.201 e. The van der Waals surface area contributed by atoms with Crippen molar-refractivity contribution in [2.45, 2.75) is 6.92 Å². The molecule has 2 N–H and O–H groups in total. The van der Waals surface area contributed by atoms with Gasteiger partial charge in [0.05, 0.1) is 12.3 Å². The maximum atomic E-state index is 13.8. The molecule has 0 unspecified atom stereocenters. The van der Waals surface area contributed by atoms with Crippen LogP contribution in [0, 0.1) is 5.82 Å². The predicted octanol–water partition coefficient (Wildman–Crippen LogP) is 2.97. The summed E-state index contributed by atoms with van der Waals surface area (Å²) >= 11 is 3.31. The molecule has 96 valence electrons. The maximum absolute atomic E-state index is 13.8. The van der Waals surface area contributed by atoms with Gasteiger partial charge in [-0.15, -0.1) is 0 Å². The number of imidazole rings is 1. The number of hydrogen-bond donors (Lipinski definition) is 1. The number of nitrogens with two attached hydrogens (primary N) is 1. The lowest BCUT2D eigenvalue weighted by atomic mass is 10.1. The van der Waals surface area contributed by atoms with Gasteiger partial charge in [-0.25, -0.2) is 9.37 Å². The molecule has 1 heterocycles. The van der Waals surface area contributed by atoms with E-state index in [2.05, 4.69) is 20.9 Å². The SMILES string of the molecule is CCOc1ccc(-c2c(Br)nc(N)n2C)cc1F. The highest BCUT2D eigenvalue weighted by Crippen LogP contribution is 2.31. The highest BCUT2D eigenvalue weighted by Gasteiger charge is 2.14. The molecule has 0 saturated heterocycles. The highest BCUT2D eigenvalue weighted by molar-refractivity contribution is 9.10. The largest absolute Gasteiger partial charge is 0.491 e. The molecule has 18 heavy (non-hydrogen) atoms. The lowest BCUT2D eigenvalue weighted by molar-refractivity contribution is 0.321. The zero-order valence-corrected chi connectivity index (χ0v) is 11.7. The molecule has 0 spiro atoms. The van der Waals surface area contributed by atoms with E-state index in [0.29, 0.717) is 22.7 Å². The Hall–Kier alpha value is -1.56. The van der Waals surface area contributed by atoms with Crippen LogP contribution in [0.15, 0.2) is 22.8 Å². The van der Waals surface area contributed by atoms with Gasteiger partial charge in [0.15, 0.2) is 11.6 Å². The number of halogens is 2. The fraction of sp³-hybridized carbons (Fsp3) is 0.250. The Labute approximate surface area is 113 Å². The summed E-state index contributed by atoms with van der Waals surface area (Å²) in [6, 6.07) is 4.78. The van der Waals surface area contributed by atoms with Gasteiger partial charge in [-0.1, -0.05) is 0 Å². The molecule has 4 nitrogen and oxygen atoms in total. The zero-order chi connectivity index (χ0) is 13.3. The second-order valence-electron chi connectivity index (χ2n) is 3.75. The second kappa shape index (κ2) is 4.97. The number of aromatic nitrogens is 2. The van der Waals surface area contributed by atoms with Crippen molar-refractivity contribution in [2.24, 2.45) is 7.05 Å². The summed E-state index contributed by atoms with van der Waals surface area (Å²) in [7, 11) is 1.77. The minimum absolute atomic E-state index is 0.243. The summed E-state index contributed by atoms with van der Waals surface area (Å²) in [5, 5.41) is 0. The molecule has 0 aliphatic rings. The monoisotopic (exact) mass is 313 g/mol. The van der Waals surface area contributed by atoms with Gasteiger partial charge in [0.2, 0.25) is 5.95 Å². The van der Waals surface area contributed by atoms with Crippen LogP contribution in [0.5, 0.6) is 5.75 Å². The van der Waals surface area contributed by atoms with Crippen molar-refractivity contribution in [3.8, 4) is 17.0 Å². The van der Waals surface area contributed by atoms with Crippen molar-refractivity contribution in [3.05, 3.63) is 28.6 Å². The number of nitrogen functional groups attached to an aromatic ring is 1. The van der Waals surface area contributed by atoms with Crippen LogP contribution in [-0.4, -0.2) is 16.2 Å². The highest BCUT2D eigenvalue weighted by atomic mass is 79.9. The first-order chi connectivity index (χ1) is 8.54. The van der Waals surface area contributed by atoms with E-state index in [1.54, 1.807) is 23.7 Å². The standard InChI is InChI=1S/C12H13BrFN3O/c1-3-18-9-5-4-7(6-8(9)14)10-11(13)16-12(15)17(10)2/h4-6H,3H2,1-2H3,(H2,15,16). The molecule has 0 aliphatic heterocycles. The van der Waals surface area contributed by atoms with Crippen molar-refractivity contribution in [2.75, 3.05) is 12.3 Å². The van der Waals surface area contributed by atoms with E-state index in [1.165, 1.54) is 6.07 Å². The van der Waals surface area contributed by atoms with E-state index >= 15 is 0 Å². The van der Waals surface area contributed by atoms with Gasteiger partial charge in [0.1, 0.15) is 4.60 Å². The third-order valence-corrected chi connectivity index (χ3v) is 3.15. The van der Waals surface area contributed by atoms with Crippen LogP contribution < -0.4 is 10.5 Å². The Kier molecular flexibility index (Phi) is 3.56. The van der Waals surface area contributed by atoms with Crippen molar-refractivity contribution in [1.82, 2.24) is 9.55 Å². The molecule has 1 aromatic carbocycles. The fourth-order valence-corrected chi connectivity index (χ4v) is 2.39. The van der Waals surface area contributed by atoms with Crippen LogP contribution in [0.3, 0.4) is 0 Å². The van der Waals surface area contributed by atoms with E-state index < -0.39 is 5.82 Å². The van der Waals surface area contributed by atoms with Crippen LogP contribution >= 0.6 is 15.9 Å². The van der Waals surface area contributed by atoms with E-state index in [9.17, 15) is 4.39 Å². The smallest absolute Gasteiger partial charge is 0.201 e. The van der Waals surface area contributed by atoms with Gasteiger partial charge in [0, 0.05) is 12.6 Å². The van der Waals surface area contributed by atoms with Crippen molar-refractivity contribution < 1.29 is 9.13 Å². The molecule has 0 amide bonds. The first-order valence-electron chi connectivity index (χ1n) is 5.45. The van der Waals surface area contributed by atoms with Gasteiger partial charge in [-0.2, -0.15) is 0 Å². The average Bonchev–Trinajstić information content (AvgIpc) is 2.56. The molecule has 2 aromatic rings. The first kappa shape index (κ1) is 12.9. The number of hydrogen-bond acceptors (Lipinski definition) is 3. The van der Waals surface area contributed by atoms with Gasteiger partial charge >= 0.3 is 0 Å². The van der Waals surface area contributed by atoms with E-state index in [0.717, 1.165) is 5.69 Å². The molecule has 0 bridgehead atoms. The molecule has 0 fully saturated rings. The molecule has 0 atom stereocenters. The molecular formula is C12H13BrFN3O. The predicted molar refractivity (Wildman–Crippen MR) is 71.9 cm³/mol. The third kappa shape index (κ3) is 2.20. The minimum Gasteiger partial charge on any atom is -0.491 e. The average molecular weight is 314 g/mol. The molecule has 1 aromatic heterocycles. The number of anilines is 1. The van der Waals surface area contributed by atoms with Gasteiger partial charge < -0.3 is 15.0 Å². The first-order valence-corrected chi connectivity index (χ1v) is 6.24. The van der Waals surface area contributed by atoms with Gasteiger partial charge in [-0.3, -0.25) is 0 Å². The summed E-state index contributed by atoms with van der Waals surface area (Å²) in [6.45, 7) is 2.24. The zero-order valence-electron chi connectivity index (χ0n) is 10.1. The Morgan fingerprint density at radius 3 is 2.72 bits per heavy atom. The summed E-state index contributed by atoms with van der Waals surface area (Å²) in [6.07, 6.45) is 0. The number of ether oxygens (including phenoxy) is 1. The molecule has 0 radical (unpaired) electrons. The van der Waals surface area contributed by atoms with Crippen LogP contribution in [0.2, 0.25) is 0 Å². The summed E-state index contributed by atoms with van der Waals surface area (Å²) in [5.74, 6) is 0.208. The second-order valence-corrected chi connectivity index (χ2v) is 4.50. The van der Waals surface area contributed by atoms with E-state index in [1.807, 2.05) is 6.92 Å². The summed E-state index contributed by atoms with van der Waals surface area (Å²) in [5.41, 5.74) is 7.12. The van der Waals surface area contributed by atoms with Crippen molar-refractivity contribution in [1.29, 1.82) is 0 Å². The number of nitrogens with zero attached hydrogens (tertiary/aromatic N) is 2. The molecule has 0 saturated carbocycles. The normalized spacial score (nSPS) is 10.7. The molecular weight excluding hydrogens is 301 g/mol. The molecule has 0 aliphatic carbocycles. The lowest BCUT2D eigenvalue weighted by Crippen LogP contribution is -1.99. The van der Waals surface area contributed by atoms with Crippen LogP contribution in [0.25, 0.3) is 11.3 Å². The van der Waals surface area contributed by atoms with Crippen LogP contribution in [0.4, 0.5) is 10.3 Å². The van der Waals surface area contributed by atoms with E-state index in [4.69, 9.17) is 10.5 Å². The van der Waals surface area contributed by atoms with Crippen LogP contribution in [0.1, 0.15) is 6.92 Å². The fourth-order valence-electron chi connectivity index (χ4n) is 1.71. The van der Waals surface area contributed by atoms with E-state index in [-0.39, 0.29) is 5.75 Å². The topological polar surface area (TPSA) is 53.1 Å². The lowest BCUT2D eigenvalue weighted by Gasteiger charge is -2.08. The Bertz CT molecular complexity index is 583. The minimum atomic E-state index is -0.402. The van der Waals surface area contributed by atoms with Crippen LogP contribution in [-0.2, 0) is 7.05 Å². The molecule has 2 rings (SSSR count). The molecule has 6 heteroatoms. The van der Waals surface area contributed by atoms with Crippen molar-refractivity contribution in [3.63, 3.8) is 0 Å². The Morgan fingerprint density at radius 1 is 1.50 bits per heavy atom. The number of benzene rings is 1. The third-order valence-electron chi connectivity index (χ3n) is 2.59. The summed E-state index contributed by atoms with van der Waals surface area (Å²) < 4.78 is 21.2. The summed E-state index contributed by atoms with van der Waals surface area (Å²) in [4.78, 5) is 4.08. The van der Waals surface area contributed by atoms with Gasteiger partial charge in [-0.05, 0) is 41.1 Å².